The van der Waals surface area contributed by atoms with Gasteiger partial charge in [0.1, 0.15) is 17.2 Å². The molecule has 0 amide bonds. The van der Waals surface area contributed by atoms with Gasteiger partial charge in [-0.2, -0.15) is 0 Å². The molecule has 24 heavy (non-hydrogen) atoms. The first kappa shape index (κ1) is 16.0. The quantitative estimate of drug-likeness (QED) is 0.906. The van der Waals surface area contributed by atoms with E-state index >= 15 is 0 Å². The number of nitrogens with one attached hydrogen (secondary N) is 2. The second-order valence-electron chi connectivity index (χ2n) is 7.07. The van der Waals surface area contributed by atoms with E-state index in [0.29, 0.717) is 12.0 Å². The van der Waals surface area contributed by atoms with Gasteiger partial charge in [-0.1, -0.05) is 0 Å². The number of pyridine rings is 1. The van der Waals surface area contributed by atoms with Gasteiger partial charge in [0.25, 0.3) is 0 Å². The number of hydrogen-bond acceptors (Lipinski definition) is 4. The van der Waals surface area contributed by atoms with Crippen molar-refractivity contribution in [2.75, 3.05) is 20.2 Å². The minimum absolute atomic E-state index is 0.212. The molecule has 2 aromatic heterocycles. The van der Waals surface area contributed by atoms with E-state index in [2.05, 4.69) is 15.3 Å². The highest BCUT2D eigenvalue weighted by molar-refractivity contribution is 5.75. The maximum Gasteiger partial charge on any atom is 0.157 e. The first-order valence-corrected chi connectivity index (χ1v) is 9.03. The lowest BCUT2D eigenvalue weighted by molar-refractivity contribution is 0.0652. The fourth-order valence-electron chi connectivity index (χ4n) is 4.23. The minimum atomic E-state index is -0.212. The number of hydrogen-bond donors (Lipinski definition) is 2. The van der Waals surface area contributed by atoms with E-state index in [1.165, 1.54) is 6.20 Å². The van der Waals surface area contributed by atoms with Gasteiger partial charge in [0, 0.05) is 18.6 Å². The van der Waals surface area contributed by atoms with Crippen LogP contribution in [0.4, 0.5) is 4.39 Å². The second-order valence-corrected chi connectivity index (χ2v) is 7.07. The summed E-state index contributed by atoms with van der Waals surface area (Å²) in [6.07, 6.45) is 7.86. The van der Waals surface area contributed by atoms with Crippen molar-refractivity contribution in [2.45, 2.75) is 56.5 Å². The minimum Gasteiger partial charge on any atom is -0.381 e. The Bertz CT molecular complexity index is 702. The third kappa shape index (κ3) is 2.93. The zero-order valence-corrected chi connectivity index (χ0v) is 14.1. The normalized spacial score (nSPS) is 26.1. The van der Waals surface area contributed by atoms with Crippen LogP contribution < -0.4 is 5.32 Å². The van der Waals surface area contributed by atoms with Crippen LogP contribution in [0.25, 0.3) is 11.2 Å². The van der Waals surface area contributed by atoms with E-state index in [1.807, 2.05) is 0 Å². The second kappa shape index (κ2) is 6.76. The molecule has 0 spiro atoms. The molecule has 0 atom stereocenters. The van der Waals surface area contributed by atoms with Crippen LogP contribution >= 0.6 is 0 Å². The summed E-state index contributed by atoms with van der Waals surface area (Å²) in [5, 5.41) is 3.34. The molecular formula is C18H25FN4O. The molecule has 130 valence electrons. The molecule has 0 radical (unpaired) electrons. The Labute approximate surface area is 141 Å². The fraction of sp³-hybridized carbons (Fsp3) is 0.667. The lowest BCUT2D eigenvalue weighted by Crippen LogP contribution is -2.27. The molecule has 0 unspecified atom stereocenters. The SMILES string of the molecule is COC1CCC(c2nc3c(C4CCNCC4)c(F)cnc3[nH]2)CC1. The standard InChI is InChI=1S/C18H25FN4O/c1-24-13-4-2-12(3-5-13)17-22-16-15(11-6-8-20-9-7-11)14(19)10-21-18(16)23-17/h10-13,20H,2-9H2,1H3,(H,21,22,23). The van der Waals surface area contributed by atoms with Crippen LogP contribution in [0.2, 0.25) is 0 Å². The van der Waals surface area contributed by atoms with Gasteiger partial charge in [-0.3, -0.25) is 0 Å². The summed E-state index contributed by atoms with van der Waals surface area (Å²) in [5.74, 6) is 1.38. The van der Waals surface area contributed by atoms with Gasteiger partial charge in [-0.15, -0.1) is 0 Å². The Kier molecular flexibility index (Phi) is 4.50. The van der Waals surface area contributed by atoms with Crippen LogP contribution in [0, 0.1) is 5.82 Å². The van der Waals surface area contributed by atoms with Gasteiger partial charge in [-0.05, 0) is 57.5 Å². The van der Waals surface area contributed by atoms with E-state index in [-0.39, 0.29) is 11.7 Å². The van der Waals surface area contributed by atoms with Gasteiger partial charge < -0.3 is 15.0 Å². The van der Waals surface area contributed by atoms with Crippen LogP contribution in [0.5, 0.6) is 0 Å². The predicted molar refractivity (Wildman–Crippen MR) is 90.7 cm³/mol. The van der Waals surface area contributed by atoms with Gasteiger partial charge >= 0.3 is 0 Å². The summed E-state index contributed by atoms with van der Waals surface area (Å²) >= 11 is 0. The Morgan fingerprint density at radius 2 is 1.83 bits per heavy atom. The highest BCUT2D eigenvalue weighted by Crippen LogP contribution is 2.36. The Morgan fingerprint density at radius 1 is 1.08 bits per heavy atom. The van der Waals surface area contributed by atoms with Crippen LogP contribution in [0.15, 0.2) is 6.20 Å². The molecule has 5 nitrogen and oxygen atoms in total. The Morgan fingerprint density at radius 3 is 2.54 bits per heavy atom. The number of fused-ring (bicyclic) bond motifs is 1. The van der Waals surface area contributed by atoms with Gasteiger partial charge in [-0.25, -0.2) is 14.4 Å². The summed E-state index contributed by atoms with van der Waals surface area (Å²) in [5.41, 5.74) is 2.23. The van der Waals surface area contributed by atoms with Crippen LogP contribution in [0.3, 0.4) is 0 Å². The maximum absolute atomic E-state index is 14.5. The smallest absolute Gasteiger partial charge is 0.157 e. The van der Waals surface area contributed by atoms with E-state index in [9.17, 15) is 4.39 Å². The van der Waals surface area contributed by atoms with Crippen molar-refractivity contribution >= 4 is 11.2 Å². The Hall–Kier alpha value is -1.53. The highest BCUT2D eigenvalue weighted by atomic mass is 19.1. The lowest BCUT2D eigenvalue weighted by atomic mass is 9.87. The summed E-state index contributed by atoms with van der Waals surface area (Å²) in [6, 6.07) is 0. The lowest BCUT2D eigenvalue weighted by Gasteiger charge is -2.26. The number of nitrogens with zero attached hydrogens (tertiary/aromatic N) is 2. The molecule has 1 saturated heterocycles. The number of methoxy groups -OCH3 is 1. The average Bonchev–Trinajstić information content (AvgIpc) is 3.06. The number of ether oxygens (including phenoxy) is 1. The molecule has 0 aromatic carbocycles. The predicted octanol–water partition coefficient (Wildman–Crippen LogP) is 3.24. The van der Waals surface area contributed by atoms with Crippen molar-refractivity contribution in [2.24, 2.45) is 0 Å². The molecule has 1 aliphatic heterocycles. The molecule has 4 rings (SSSR count). The molecule has 6 heteroatoms. The van der Waals surface area contributed by atoms with Crippen molar-refractivity contribution in [3.63, 3.8) is 0 Å². The number of aromatic amines is 1. The van der Waals surface area contributed by atoms with E-state index in [0.717, 1.165) is 74.2 Å². The first-order valence-electron chi connectivity index (χ1n) is 9.03. The number of piperidine rings is 1. The topological polar surface area (TPSA) is 62.8 Å². The summed E-state index contributed by atoms with van der Waals surface area (Å²) in [7, 11) is 1.78. The van der Waals surface area contributed by atoms with Crippen molar-refractivity contribution in [3.8, 4) is 0 Å². The molecule has 1 aliphatic carbocycles. The number of aromatic nitrogens is 3. The fourth-order valence-corrected chi connectivity index (χ4v) is 4.23. The summed E-state index contributed by atoms with van der Waals surface area (Å²) < 4.78 is 19.9. The van der Waals surface area contributed by atoms with Crippen molar-refractivity contribution in [3.05, 3.63) is 23.4 Å². The van der Waals surface area contributed by atoms with Crippen molar-refractivity contribution in [1.82, 2.24) is 20.3 Å². The number of rotatable bonds is 3. The van der Waals surface area contributed by atoms with E-state index < -0.39 is 0 Å². The highest BCUT2D eigenvalue weighted by Gasteiger charge is 2.27. The summed E-state index contributed by atoms with van der Waals surface area (Å²) in [6.45, 7) is 1.87. The third-order valence-corrected chi connectivity index (χ3v) is 5.66. The molecule has 0 bridgehead atoms. The average molecular weight is 332 g/mol. The van der Waals surface area contributed by atoms with E-state index in [1.54, 1.807) is 7.11 Å². The largest absolute Gasteiger partial charge is 0.381 e. The Balaban J connectivity index is 1.65. The third-order valence-electron chi connectivity index (χ3n) is 5.66. The zero-order chi connectivity index (χ0) is 16.5. The molecule has 2 fully saturated rings. The molecule has 1 saturated carbocycles. The molecule has 3 heterocycles. The molecule has 2 N–H and O–H groups in total. The number of halogens is 1. The van der Waals surface area contributed by atoms with Crippen LogP contribution in [-0.4, -0.2) is 41.3 Å². The molecule has 2 aromatic rings. The van der Waals surface area contributed by atoms with Gasteiger partial charge in [0.2, 0.25) is 0 Å². The number of H-pyrrole nitrogens is 1. The molecular weight excluding hydrogens is 307 g/mol. The van der Waals surface area contributed by atoms with Crippen molar-refractivity contribution < 1.29 is 9.13 Å². The number of imidazole rings is 1. The summed E-state index contributed by atoms with van der Waals surface area (Å²) in [4.78, 5) is 12.4. The van der Waals surface area contributed by atoms with Crippen LogP contribution in [-0.2, 0) is 4.74 Å². The van der Waals surface area contributed by atoms with Gasteiger partial charge in [0.15, 0.2) is 5.65 Å². The maximum atomic E-state index is 14.5. The molecule has 2 aliphatic rings. The monoisotopic (exact) mass is 332 g/mol. The van der Waals surface area contributed by atoms with Crippen LogP contribution in [0.1, 0.15) is 61.7 Å². The zero-order valence-electron chi connectivity index (χ0n) is 14.1. The van der Waals surface area contributed by atoms with Gasteiger partial charge in [0.05, 0.1) is 12.3 Å². The first-order chi connectivity index (χ1) is 11.8. The van der Waals surface area contributed by atoms with Crippen molar-refractivity contribution in [1.29, 1.82) is 0 Å². The van der Waals surface area contributed by atoms with E-state index in [4.69, 9.17) is 9.72 Å².